The molecule has 15 heavy (non-hydrogen) atoms. The van der Waals surface area contributed by atoms with Gasteiger partial charge in [0.2, 0.25) is 0 Å². The summed E-state index contributed by atoms with van der Waals surface area (Å²) >= 11 is 0. The third kappa shape index (κ3) is 4.05. The molecule has 0 bridgehead atoms. The Labute approximate surface area is 92.3 Å². The first-order chi connectivity index (χ1) is 6.62. The molecule has 0 saturated heterocycles. The van der Waals surface area contributed by atoms with Gasteiger partial charge in [0.25, 0.3) is 0 Å². The number of hydrogen-bond acceptors (Lipinski definition) is 4. The van der Waals surface area contributed by atoms with Gasteiger partial charge in [-0.25, -0.2) is 0 Å². The van der Waals surface area contributed by atoms with Crippen molar-refractivity contribution < 1.29 is 9.76 Å². The summed E-state index contributed by atoms with van der Waals surface area (Å²) < 4.78 is 5.44. The van der Waals surface area contributed by atoms with Crippen molar-refractivity contribution in [3.63, 3.8) is 0 Å². The Morgan fingerprint density at radius 2 is 1.87 bits per heavy atom. The molecule has 0 rings (SSSR count). The Balaban J connectivity index is 4.53. The highest BCUT2D eigenvalue weighted by molar-refractivity contribution is 6.46. The molecule has 0 aliphatic carbocycles. The average Bonchev–Trinajstić information content (AvgIpc) is 2.02. The molecular formula is C10H20BN2O2. The molecule has 0 aliphatic rings. The molecule has 0 heterocycles. The number of nitrogens with one attached hydrogen (secondary N) is 1. The Morgan fingerprint density at radius 1 is 1.40 bits per heavy atom. The zero-order valence-corrected chi connectivity index (χ0v) is 10.1. The second-order valence-electron chi connectivity index (χ2n) is 4.59. The molecule has 0 aromatic heterocycles. The summed E-state index contributed by atoms with van der Waals surface area (Å²) in [5, 5.41) is 16.9. The smallest absolute Gasteiger partial charge is 0.334 e. The molecule has 5 heteroatoms. The highest BCUT2D eigenvalue weighted by Crippen LogP contribution is 2.24. The van der Waals surface area contributed by atoms with Crippen LogP contribution in [0.25, 0.3) is 0 Å². The van der Waals surface area contributed by atoms with E-state index in [1.165, 1.54) is 7.48 Å². The number of nitrogens with two attached hydrogens (primary N) is 1. The van der Waals surface area contributed by atoms with Crippen LogP contribution in [0.15, 0.2) is 11.2 Å². The van der Waals surface area contributed by atoms with E-state index in [9.17, 15) is 5.11 Å². The molecule has 0 spiro atoms. The van der Waals surface area contributed by atoms with E-state index in [0.29, 0.717) is 11.2 Å². The summed E-state index contributed by atoms with van der Waals surface area (Å²) in [4.78, 5) is 0. The van der Waals surface area contributed by atoms with Gasteiger partial charge in [-0.15, -0.1) is 0 Å². The Hall–Kier alpha value is -0.805. The van der Waals surface area contributed by atoms with E-state index in [0.717, 1.165) is 6.21 Å². The van der Waals surface area contributed by atoms with Gasteiger partial charge in [0.05, 0.1) is 11.2 Å². The second-order valence-corrected chi connectivity index (χ2v) is 4.59. The Morgan fingerprint density at radius 3 is 2.13 bits per heavy atom. The fourth-order valence-electron chi connectivity index (χ4n) is 0.596. The molecule has 0 aliphatic heterocycles. The Kier molecular flexibility index (Phi) is 4.55. The third-order valence-electron chi connectivity index (χ3n) is 2.56. The van der Waals surface area contributed by atoms with Crippen molar-refractivity contribution in [2.75, 3.05) is 0 Å². The lowest BCUT2D eigenvalue weighted by atomic mass is 9.82. The summed E-state index contributed by atoms with van der Waals surface area (Å²) in [5.41, 5.74) is 4.85. The maximum absolute atomic E-state index is 9.82. The molecule has 0 aromatic carbocycles. The quantitative estimate of drug-likeness (QED) is 0.469. The Bertz CT molecular complexity index is 263. The van der Waals surface area contributed by atoms with Crippen molar-refractivity contribution in [2.45, 2.75) is 45.8 Å². The number of rotatable bonds is 5. The van der Waals surface area contributed by atoms with Gasteiger partial charge in [-0.05, 0) is 40.1 Å². The molecule has 4 N–H and O–H groups in total. The van der Waals surface area contributed by atoms with Gasteiger partial charge < -0.3 is 20.9 Å². The standard InChI is InChI=1S/C10H20BN2O2/c1-7(13)8(6-12)11-15-10(4,5)9(2,3)14/h6,12,14H,13H2,1-5H3/b8-7+,12-6?. The lowest BCUT2D eigenvalue weighted by Gasteiger charge is -2.37. The topological polar surface area (TPSA) is 79.3 Å². The van der Waals surface area contributed by atoms with E-state index in [1.54, 1.807) is 34.6 Å². The molecule has 0 fully saturated rings. The van der Waals surface area contributed by atoms with Crippen molar-refractivity contribution >= 4 is 13.7 Å². The zero-order chi connectivity index (χ0) is 12.3. The van der Waals surface area contributed by atoms with Gasteiger partial charge in [0.1, 0.15) is 0 Å². The van der Waals surface area contributed by atoms with Crippen molar-refractivity contribution in [3.8, 4) is 0 Å². The van der Waals surface area contributed by atoms with Crippen molar-refractivity contribution in [3.05, 3.63) is 11.2 Å². The summed E-state index contributed by atoms with van der Waals surface area (Å²) in [7, 11) is 1.40. The van der Waals surface area contributed by atoms with E-state index in [4.69, 9.17) is 15.8 Å². The molecular weight excluding hydrogens is 191 g/mol. The normalized spacial score (nSPS) is 14.5. The third-order valence-corrected chi connectivity index (χ3v) is 2.56. The first kappa shape index (κ1) is 14.2. The van der Waals surface area contributed by atoms with Crippen LogP contribution in [0, 0.1) is 5.41 Å². The van der Waals surface area contributed by atoms with Crippen molar-refractivity contribution in [2.24, 2.45) is 5.73 Å². The van der Waals surface area contributed by atoms with E-state index in [2.05, 4.69) is 0 Å². The number of allylic oxidation sites excluding steroid dienone is 2. The van der Waals surface area contributed by atoms with E-state index in [-0.39, 0.29) is 0 Å². The van der Waals surface area contributed by atoms with Crippen LogP contribution < -0.4 is 5.73 Å². The fourth-order valence-corrected chi connectivity index (χ4v) is 0.596. The molecule has 85 valence electrons. The second kappa shape index (κ2) is 4.81. The lowest BCUT2D eigenvalue weighted by Crippen LogP contribution is -2.48. The van der Waals surface area contributed by atoms with Gasteiger partial charge in [-0.2, -0.15) is 0 Å². The number of hydrogen-bond donors (Lipinski definition) is 3. The van der Waals surface area contributed by atoms with Gasteiger partial charge >= 0.3 is 7.48 Å². The predicted molar refractivity (Wildman–Crippen MR) is 62.9 cm³/mol. The SMILES string of the molecule is C/C(N)=C(\[B]OC(C)(C)C(C)(C)O)C=N. The van der Waals surface area contributed by atoms with Crippen LogP contribution in [-0.2, 0) is 4.65 Å². The van der Waals surface area contributed by atoms with E-state index >= 15 is 0 Å². The molecule has 4 nitrogen and oxygen atoms in total. The minimum atomic E-state index is -0.973. The van der Waals surface area contributed by atoms with E-state index in [1.807, 2.05) is 0 Å². The first-order valence-corrected chi connectivity index (χ1v) is 4.82. The van der Waals surface area contributed by atoms with Crippen LogP contribution in [0.3, 0.4) is 0 Å². The summed E-state index contributed by atoms with van der Waals surface area (Å²) in [6.45, 7) is 8.58. The maximum atomic E-state index is 9.82. The molecule has 0 saturated carbocycles. The van der Waals surface area contributed by atoms with Gasteiger partial charge in [0.15, 0.2) is 0 Å². The fraction of sp³-hybridized carbons (Fsp3) is 0.700. The van der Waals surface area contributed by atoms with Crippen LogP contribution in [0.1, 0.15) is 34.6 Å². The predicted octanol–water partition coefficient (Wildman–Crippen LogP) is 1.01. The zero-order valence-electron chi connectivity index (χ0n) is 10.1. The summed E-state index contributed by atoms with van der Waals surface area (Å²) in [5.74, 6) is 0. The van der Waals surface area contributed by atoms with E-state index < -0.39 is 11.2 Å². The van der Waals surface area contributed by atoms with Crippen LogP contribution in [0.5, 0.6) is 0 Å². The summed E-state index contributed by atoms with van der Waals surface area (Å²) in [6, 6.07) is 0. The van der Waals surface area contributed by atoms with Crippen LogP contribution in [0.4, 0.5) is 0 Å². The molecule has 0 amide bonds. The van der Waals surface area contributed by atoms with Crippen LogP contribution >= 0.6 is 0 Å². The molecule has 0 aromatic rings. The van der Waals surface area contributed by atoms with Crippen molar-refractivity contribution in [1.29, 1.82) is 5.41 Å². The largest absolute Gasteiger partial charge is 0.426 e. The van der Waals surface area contributed by atoms with Gasteiger partial charge in [-0.3, -0.25) is 0 Å². The highest BCUT2D eigenvalue weighted by atomic mass is 16.5. The lowest BCUT2D eigenvalue weighted by molar-refractivity contribution is -0.0895. The molecule has 0 unspecified atom stereocenters. The van der Waals surface area contributed by atoms with Crippen molar-refractivity contribution in [1.82, 2.24) is 0 Å². The highest BCUT2D eigenvalue weighted by Gasteiger charge is 2.35. The molecule has 1 radical (unpaired) electrons. The summed E-state index contributed by atoms with van der Waals surface area (Å²) in [6.07, 6.45) is 1.12. The first-order valence-electron chi connectivity index (χ1n) is 4.82. The maximum Gasteiger partial charge on any atom is 0.334 e. The van der Waals surface area contributed by atoms with Gasteiger partial charge in [-0.1, -0.05) is 0 Å². The molecule has 0 atom stereocenters. The average molecular weight is 211 g/mol. The van der Waals surface area contributed by atoms with Crippen LogP contribution in [-0.4, -0.2) is 30.0 Å². The minimum Gasteiger partial charge on any atom is -0.426 e. The minimum absolute atomic E-state index is 0.507. The van der Waals surface area contributed by atoms with Crippen LogP contribution in [0.2, 0.25) is 0 Å². The van der Waals surface area contributed by atoms with Gasteiger partial charge in [0, 0.05) is 11.9 Å². The number of aliphatic hydroxyl groups is 1. The monoisotopic (exact) mass is 211 g/mol.